The van der Waals surface area contributed by atoms with Gasteiger partial charge >= 0.3 is 12.1 Å². The normalized spacial score (nSPS) is 11.0. The molecule has 0 heterocycles. The van der Waals surface area contributed by atoms with Crippen LogP contribution in [-0.2, 0) is 4.79 Å². The summed E-state index contributed by atoms with van der Waals surface area (Å²) in [7, 11) is 0. The Hall–Kier alpha value is -2.25. The minimum absolute atomic E-state index is 0.163. The second-order valence-corrected chi connectivity index (χ2v) is 3.13. The molecule has 0 unspecified atom stereocenters. The van der Waals surface area contributed by atoms with Gasteiger partial charge in [-0.3, -0.25) is 10.1 Å². The number of nitro benzene ring substituents is 1. The van der Waals surface area contributed by atoms with Crippen LogP contribution in [0.2, 0.25) is 0 Å². The molecule has 1 aromatic carbocycles. The molecule has 0 saturated carbocycles. The van der Waals surface area contributed by atoms with Gasteiger partial charge in [-0.2, -0.15) is 8.78 Å². The third kappa shape index (κ3) is 2.86. The summed E-state index contributed by atoms with van der Waals surface area (Å²) in [6, 6.07) is 3.03. The van der Waals surface area contributed by atoms with Gasteiger partial charge in [-0.05, 0) is 18.6 Å². The SMILES string of the molecule is Cc1ccc([N+](=O)[O-])cc1OC(F)(F)C(=O)O. The lowest BCUT2D eigenvalue weighted by atomic mass is 10.2. The number of carbonyl (C=O) groups is 1. The number of halogens is 2. The Morgan fingerprint density at radius 1 is 1.53 bits per heavy atom. The van der Waals surface area contributed by atoms with Crippen LogP contribution in [0.5, 0.6) is 5.75 Å². The molecule has 1 aromatic rings. The fourth-order valence-electron chi connectivity index (χ4n) is 0.994. The first-order valence-electron chi connectivity index (χ1n) is 4.29. The standard InChI is InChI=1S/C9H7F2NO5/c1-5-2-3-6(12(15)16)4-7(5)17-9(10,11)8(13)14/h2-4H,1H3,(H,13,14). The molecule has 0 radical (unpaired) electrons. The molecular weight excluding hydrogens is 240 g/mol. The van der Waals surface area contributed by atoms with Gasteiger partial charge in [-0.15, -0.1) is 0 Å². The molecule has 1 N–H and O–H groups in total. The third-order valence-electron chi connectivity index (χ3n) is 1.87. The summed E-state index contributed by atoms with van der Waals surface area (Å²) < 4.78 is 29.5. The van der Waals surface area contributed by atoms with Crippen molar-refractivity contribution in [1.29, 1.82) is 0 Å². The fourth-order valence-corrected chi connectivity index (χ4v) is 0.994. The van der Waals surface area contributed by atoms with Crippen molar-refractivity contribution < 1.29 is 28.3 Å². The van der Waals surface area contributed by atoms with Crippen molar-refractivity contribution in [2.75, 3.05) is 0 Å². The monoisotopic (exact) mass is 247 g/mol. The first-order chi connectivity index (χ1) is 7.74. The van der Waals surface area contributed by atoms with E-state index in [4.69, 9.17) is 5.11 Å². The summed E-state index contributed by atoms with van der Waals surface area (Å²) in [5, 5.41) is 18.6. The Bertz CT molecular complexity index is 474. The molecule has 0 aliphatic carbocycles. The van der Waals surface area contributed by atoms with Crippen LogP contribution in [0.1, 0.15) is 5.56 Å². The van der Waals surface area contributed by atoms with Gasteiger partial charge in [0, 0.05) is 6.07 Å². The van der Waals surface area contributed by atoms with Crippen molar-refractivity contribution in [1.82, 2.24) is 0 Å². The molecule has 0 aliphatic heterocycles. The number of benzene rings is 1. The third-order valence-corrected chi connectivity index (χ3v) is 1.87. The van der Waals surface area contributed by atoms with Crippen molar-refractivity contribution in [3.05, 3.63) is 33.9 Å². The van der Waals surface area contributed by atoms with Crippen LogP contribution >= 0.6 is 0 Å². The maximum absolute atomic E-state index is 12.8. The number of alkyl halides is 2. The van der Waals surface area contributed by atoms with Gasteiger partial charge in [-0.1, -0.05) is 0 Å². The average Bonchev–Trinajstić information content (AvgIpc) is 2.20. The molecule has 0 bridgehead atoms. The molecule has 92 valence electrons. The van der Waals surface area contributed by atoms with Crippen LogP contribution in [-0.4, -0.2) is 22.1 Å². The highest BCUT2D eigenvalue weighted by Crippen LogP contribution is 2.28. The number of nitrogens with zero attached hydrogens (tertiary/aromatic N) is 1. The summed E-state index contributed by atoms with van der Waals surface area (Å²) in [6.07, 6.45) is -4.43. The molecule has 17 heavy (non-hydrogen) atoms. The number of aryl methyl sites for hydroxylation is 1. The summed E-state index contributed by atoms with van der Waals surface area (Å²) in [4.78, 5) is 19.8. The van der Waals surface area contributed by atoms with Crippen LogP contribution in [0, 0.1) is 17.0 Å². The number of rotatable bonds is 4. The molecule has 0 saturated heterocycles. The first kappa shape index (κ1) is 12.8. The van der Waals surface area contributed by atoms with Crippen molar-refractivity contribution in [3.63, 3.8) is 0 Å². The van der Waals surface area contributed by atoms with Crippen LogP contribution in [0.3, 0.4) is 0 Å². The van der Waals surface area contributed by atoms with E-state index in [0.717, 1.165) is 12.1 Å². The van der Waals surface area contributed by atoms with E-state index in [0.29, 0.717) is 0 Å². The number of nitro groups is 1. The Morgan fingerprint density at radius 2 is 2.12 bits per heavy atom. The maximum Gasteiger partial charge on any atom is 0.501 e. The van der Waals surface area contributed by atoms with Gasteiger partial charge < -0.3 is 9.84 Å². The molecule has 6 nitrogen and oxygen atoms in total. The highest BCUT2D eigenvalue weighted by molar-refractivity contribution is 5.74. The topological polar surface area (TPSA) is 89.7 Å². The summed E-state index contributed by atoms with van der Waals surface area (Å²) >= 11 is 0. The highest BCUT2D eigenvalue weighted by Gasteiger charge is 2.42. The second-order valence-electron chi connectivity index (χ2n) is 3.13. The summed E-state index contributed by atoms with van der Waals surface area (Å²) in [5.41, 5.74) is -0.302. The van der Waals surface area contributed by atoms with Crippen molar-refractivity contribution in [2.24, 2.45) is 0 Å². The Kier molecular flexibility index (Phi) is 3.26. The molecule has 0 spiro atoms. The number of carboxylic acid groups (broad SMARTS) is 1. The quantitative estimate of drug-likeness (QED) is 0.648. The van der Waals surface area contributed by atoms with Crippen LogP contribution < -0.4 is 4.74 Å². The molecule has 1 rings (SSSR count). The first-order valence-corrected chi connectivity index (χ1v) is 4.29. The zero-order valence-corrected chi connectivity index (χ0v) is 8.52. The smallest absolute Gasteiger partial charge is 0.474 e. The van der Waals surface area contributed by atoms with E-state index in [9.17, 15) is 23.7 Å². The van der Waals surface area contributed by atoms with E-state index in [1.54, 1.807) is 0 Å². The van der Waals surface area contributed by atoms with Gasteiger partial charge in [0.1, 0.15) is 5.75 Å². The van der Waals surface area contributed by atoms with Crippen LogP contribution in [0.25, 0.3) is 0 Å². The van der Waals surface area contributed by atoms with Crippen molar-refractivity contribution in [3.8, 4) is 5.75 Å². The predicted octanol–water partition coefficient (Wildman–Crippen LogP) is 1.96. The minimum Gasteiger partial charge on any atom is -0.474 e. The number of non-ortho nitro benzene ring substituents is 1. The van der Waals surface area contributed by atoms with Crippen LogP contribution in [0.15, 0.2) is 18.2 Å². The minimum atomic E-state index is -4.43. The summed E-state index contributed by atoms with van der Waals surface area (Å²) in [6.45, 7) is 1.36. The molecule has 0 fully saturated rings. The molecule has 0 aliphatic rings. The Labute approximate surface area is 93.6 Å². The molecule has 0 atom stereocenters. The zero-order chi connectivity index (χ0) is 13.2. The molecular formula is C9H7F2NO5. The lowest BCUT2D eigenvalue weighted by molar-refractivity contribution is -0.385. The maximum atomic E-state index is 12.8. The number of carboxylic acids is 1. The van der Waals surface area contributed by atoms with E-state index >= 15 is 0 Å². The number of hydrogen-bond donors (Lipinski definition) is 1. The summed E-state index contributed by atoms with van der Waals surface area (Å²) in [5.74, 6) is -3.02. The van der Waals surface area contributed by atoms with Gasteiger partial charge in [-0.25, -0.2) is 4.79 Å². The van der Waals surface area contributed by atoms with E-state index < -0.39 is 28.4 Å². The second kappa shape index (κ2) is 4.32. The van der Waals surface area contributed by atoms with Gasteiger partial charge in [0.25, 0.3) is 5.69 Å². The highest BCUT2D eigenvalue weighted by atomic mass is 19.3. The van der Waals surface area contributed by atoms with E-state index in [-0.39, 0.29) is 5.56 Å². The Balaban J connectivity index is 3.10. The van der Waals surface area contributed by atoms with E-state index in [1.807, 2.05) is 0 Å². The van der Waals surface area contributed by atoms with E-state index in [2.05, 4.69) is 4.74 Å². The zero-order valence-electron chi connectivity index (χ0n) is 8.52. The van der Waals surface area contributed by atoms with Gasteiger partial charge in [0.15, 0.2) is 0 Å². The van der Waals surface area contributed by atoms with Gasteiger partial charge in [0.05, 0.1) is 11.0 Å². The average molecular weight is 247 g/mol. The van der Waals surface area contributed by atoms with Gasteiger partial charge in [0.2, 0.25) is 0 Å². The number of ether oxygens (including phenoxy) is 1. The van der Waals surface area contributed by atoms with E-state index in [1.165, 1.54) is 13.0 Å². The number of hydrogen-bond acceptors (Lipinski definition) is 4. The van der Waals surface area contributed by atoms with Crippen molar-refractivity contribution in [2.45, 2.75) is 13.0 Å². The fraction of sp³-hybridized carbons (Fsp3) is 0.222. The molecule has 0 amide bonds. The number of aliphatic carboxylic acids is 1. The predicted molar refractivity (Wildman–Crippen MR) is 51.0 cm³/mol. The Morgan fingerprint density at radius 3 is 2.59 bits per heavy atom. The molecule has 8 heteroatoms. The largest absolute Gasteiger partial charge is 0.501 e. The van der Waals surface area contributed by atoms with Crippen LogP contribution in [0.4, 0.5) is 14.5 Å². The lowest BCUT2D eigenvalue weighted by Crippen LogP contribution is -2.35. The molecule has 0 aromatic heterocycles. The van der Waals surface area contributed by atoms with Crippen molar-refractivity contribution >= 4 is 11.7 Å². The lowest BCUT2D eigenvalue weighted by Gasteiger charge is -2.14.